The smallest absolute Gasteiger partial charge is 0.226 e. The van der Waals surface area contributed by atoms with Crippen LogP contribution in [0.3, 0.4) is 0 Å². The van der Waals surface area contributed by atoms with Crippen molar-refractivity contribution in [2.45, 2.75) is 32.7 Å². The summed E-state index contributed by atoms with van der Waals surface area (Å²) in [6, 6.07) is 3.78. The summed E-state index contributed by atoms with van der Waals surface area (Å²) in [6.07, 6.45) is 0.256. The molecule has 0 aromatic carbocycles. The first-order chi connectivity index (χ1) is 9.33. The maximum atomic E-state index is 11.8. The molecule has 0 aliphatic heterocycles. The molecule has 20 heavy (non-hydrogen) atoms. The van der Waals surface area contributed by atoms with Gasteiger partial charge < -0.3 is 15.5 Å². The number of furan rings is 1. The number of aromatic nitrogens is 1. The van der Waals surface area contributed by atoms with E-state index in [1.807, 2.05) is 38.3 Å². The van der Waals surface area contributed by atoms with E-state index in [9.17, 15) is 4.79 Å². The number of nitrogens with two attached hydrogens (primary N) is 1. The summed E-state index contributed by atoms with van der Waals surface area (Å²) in [6.45, 7) is 6.07. The van der Waals surface area contributed by atoms with Gasteiger partial charge in [0.2, 0.25) is 5.91 Å². The van der Waals surface area contributed by atoms with Crippen molar-refractivity contribution in [3.63, 3.8) is 0 Å². The van der Waals surface area contributed by atoms with Gasteiger partial charge in [0.15, 0.2) is 10.8 Å². The van der Waals surface area contributed by atoms with Crippen molar-refractivity contribution >= 4 is 17.2 Å². The lowest BCUT2D eigenvalue weighted by atomic mass is 10.1. The molecule has 0 aliphatic carbocycles. The van der Waals surface area contributed by atoms with Crippen LogP contribution in [-0.4, -0.2) is 23.0 Å². The molecular formula is C14H19N3O2S. The Balaban J connectivity index is 1.94. The number of hydrogen-bond donors (Lipinski definition) is 2. The second-order valence-corrected chi connectivity index (χ2v) is 6.35. The minimum atomic E-state index is -0.408. The number of rotatable bonds is 5. The van der Waals surface area contributed by atoms with Crippen LogP contribution in [0.1, 0.15) is 25.3 Å². The van der Waals surface area contributed by atoms with Gasteiger partial charge in [-0.1, -0.05) is 0 Å². The van der Waals surface area contributed by atoms with Crippen molar-refractivity contribution in [3.8, 4) is 10.8 Å². The maximum absolute atomic E-state index is 11.8. The quantitative estimate of drug-likeness (QED) is 0.884. The van der Waals surface area contributed by atoms with E-state index in [1.165, 1.54) is 11.3 Å². The molecule has 0 saturated carbocycles. The molecule has 0 radical (unpaired) electrons. The molecule has 0 saturated heterocycles. The SMILES string of the molecule is Cc1ccc(-c2nc(CC(=O)NCC(C)(C)N)cs2)o1. The molecule has 0 atom stereocenters. The largest absolute Gasteiger partial charge is 0.459 e. The van der Waals surface area contributed by atoms with E-state index in [0.717, 1.165) is 22.2 Å². The molecule has 0 bridgehead atoms. The van der Waals surface area contributed by atoms with E-state index in [-0.39, 0.29) is 12.3 Å². The number of thiazole rings is 1. The topological polar surface area (TPSA) is 81.2 Å². The average molecular weight is 293 g/mol. The molecule has 2 heterocycles. The molecule has 0 spiro atoms. The molecular weight excluding hydrogens is 274 g/mol. The number of carbonyl (C=O) groups excluding carboxylic acids is 1. The Hall–Kier alpha value is -1.66. The van der Waals surface area contributed by atoms with Crippen molar-refractivity contribution in [3.05, 3.63) is 29.0 Å². The fraction of sp³-hybridized carbons (Fsp3) is 0.429. The number of nitrogens with zero attached hydrogens (tertiary/aromatic N) is 1. The van der Waals surface area contributed by atoms with Crippen LogP contribution in [0, 0.1) is 6.92 Å². The predicted octanol–water partition coefficient (Wildman–Crippen LogP) is 2.11. The van der Waals surface area contributed by atoms with Crippen LogP contribution in [0.5, 0.6) is 0 Å². The van der Waals surface area contributed by atoms with Gasteiger partial charge in [-0.15, -0.1) is 11.3 Å². The molecule has 108 valence electrons. The first kappa shape index (κ1) is 14.7. The molecule has 3 N–H and O–H groups in total. The molecule has 2 aromatic heterocycles. The zero-order chi connectivity index (χ0) is 14.8. The van der Waals surface area contributed by atoms with E-state index in [2.05, 4.69) is 10.3 Å². The molecule has 6 heteroatoms. The van der Waals surface area contributed by atoms with E-state index >= 15 is 0 Å². The van der Waals surface area contributed by atoms with Crippen molar-refractivity contribution in [1.82, 2.24) is 10.3 Å². The van der Waals surface area contributed by atoms with E-state index in [1.54, 1.807) is 0 Å². The Bertz CT molecular complexity index is 596. The lowest BCUT2D eigenvalue weighted by Gasteiger charge is -2.18. The molecule has 5 nitrogen and oxygen atoms in total. The van der Waals surface area contributed by atoms with Gasteiger partial charge in [0.1, 0.15) is 5.76 Å². The normalized spacial score (nSPS) is 11.6. The van der Waals surface area contributed by atoms with Gasteiger partial charge in [0.25, 0.3) is 0 Å². The van der Waals surface area contributed by atoms with Crippen LogP contribution in [-0.2, 0) is 11.2 Å². The van der Waals surface area contributed by atoms with Gasteiger partial charge in [0, 0.05) is 17.5 Å². The summed E-state index contributed by atoms with van der Waals surface area (Å²) < 4.78 is 5.51. The Morgan fingerprint density at radius 1 is 1.50 bits per heavy atom. The molecule has 2 aromatic rings. The fourth-order valence-electron chi connectivity index (χ4n) is 1.60. The van der Waals surface area contributed by atoms with Gasteiger partial charge in [-0.25, -0.2) is 4.98 Å². The summed E-state index contributed by atoms with van der Waals surface area (Å²) in [5.74, 6) is 1.51. The third-order valence-corrected chi connectivity index (χ3v) is 3.49. The molecule has 0 fully saturated rings. The highest BCUT2D eigenvalue weighted by Crippen LogP contribution is 2.25. The van der Waals surface area contributed by atoms with Gasteiger partial charge in [-0.3, -0.25) is 4.79 Å². The Morgan fingerprint density at radius 2 is 2.25 bits per heavy atom. The van der Waals surface area contributed by atoms with Crippen LogP contribution < -0.4 is 11.1 Å². The molecule has 1 amide bonds. The van der Waals surface area contributed by atoms with Gasteiger partial charge in [0.05, 0.1) is 12.1 Å². The molecule has 0 unspecified atom stereocenters. The van der Waals surface area contributed by atoms with Crippen LogP contribution >= 0.6 is 11.3 Å². The minimum absolute atomic E-state index is 0.0731. The minimum Gasteiger partial charge on any atom is -0.459 e. The maximum Gasteiger partial charge on any atom is 0.226 e. The number of hydrogen-bond acceptors (Lipinski definition) is 5. The van der Waals surface area contributed by atoms with Crippen molar-refractivity contribution in [2.75, 3.05) is 6.54 Å². The van der Waals surface area contributed by atoms with Gasteiger partial charge >= 0.3 is 0 Å². The highest BCUT2D eigenvalue weighted by atomic mass is 32.1. The van der Waals surface area contributed by atoms with E-state index < -0.39 is 5.54 Å². The number of aryl methyl sites for hydroxylation is 1. The first-order valence-corrected chi connectivity index (χ1v) is 7.28. The summed E-state index contributed by atoms with van der Waals surface area (Å²) >= 11 is 1.47. The fourth-order valence-corrected chi connectivity index (χ4v) is 2.38. The first-order valence-electron chi connectivity index (χ1n) is 6.40. The zero-order valence-corrected chi connectivity index (χ0v) is 12.7. The van der Waals surface area contributed by atoms with Crippen molar-refractivity contribution < 1.29 is 9.21 Å². The molecule has 0 aliphatic rings. The Kier molecular flexibility index (Phi) is 4.25. The van der Waals surface area contributed by atoms with E-state index in [4.69, 9.17) is 10.2 Å². The number of amides is 1. The average Bonchev–Trinajstić information content (AvgIpc) is 2.94. The number of nitrogens with one attached hydrogen (secondary N) is 1. The lowest BCUT2D eigenvalue weighted by Crippen LogP contribution is -2.45. The standard InChI is InChI=1S/C14H19N3O2S/c1-9-4-5-11(19-9)13-17-10(7-20-13)6-12(18)16-8-14(2,3)15/h4-5,7H,6,8,15H2,1-3H3,(H,16,18). The highest BCUT2D eigenvalue weighted by molar-refractivity contribution is 7.13. The summed E-state index contributed by atoms with van der Waals surface area (Å²) in [5, 5.41) is 5.47. The predicted molar refractivity (Wildman–Crippen MR) is 79.5 cm³/mol. The van der Waals surface area contributed by atoms with Crippen molar-refractivity contribution in [1.29, 1.82) is 0 Å². The summed E-state index contributed by atoms with van der Waals surface area (Å²) in [5.41, 5.74) is 6.15. The van der Waals surface area contributed by atoms with Gasteiger partial charge in [-0.2, -0.15) is 0 Å². The summed E-state index contributed by atoms with van der Waals surface area (Å²) in [7, 11) is 0. The van der Waals surface area contributed by atoms with Crippen LogP contribution in [0.15, 0.2) is 21.9 Å². The third kappa shape index (κ3) is 4.18. The Morgan fingerprint density at radius 3 is 2.85 bits per heavy atom. The third-order valence-electron chi connectivity index (χ3n) is 2.59. The van der Waals surface area contributed by atoms with Crippen molar-refractivity contribution in [2.24, 2.45) is 5.73 Å². The molecule has 2 rings (SSSR count). The monoisotopic (exact) mass is 293 g/mol. The lowest BCUT2D eigenvalue weighted by molar-refractivity contribution is -0.120. The van der Waals surface area contributed by atoms with E-state index in [0.29, 0.717) is 6.54 Å². The van der Waals surface area contributed by atoms with Gasteiger partial charge in [-0.05, 0) is 32.9 Å². The van der Waals surface area contributed by atoms with Crippen LogP contribution in [0.4, 0.5) is 0 Å². The highest BCUT2D eigenvalue weighted by Gasteiger charge is 2.14. The zero-order valence-electron chi connectivity index (χ0n) is 11.9. The Labute approximate surface area is 122 Å². The summed E-state index contributed by atoms with van der Waals surface area (Å²) in [4.78, 5) is 16.2. The van der Waals surface area contributed by atoms with Crippen LogP contribution in [0.25, 0.3) is 10.8 Å². The van der Waals surface area contributed by atoms with Crippen LogP contribution in [0.2, 0.25) is 0 Å². The second-order valence-electron chi connectivity index (χ2n) is 5.50. The number of carbonyl (C=O) groups is 1. The second kappa shape index (κ2) is 5.76.